The Hall–Kier alpha value is -2.93. The fourth-order valence-electron chi connectivity index (χ4n) is 4.48. The number of carbonyl (C=O) groups is 1. The minimum absolute atomic E-state index is 0.0252. The van der Waals surface area contributed by atoms with Crippen molar-refractivity contribution in [2.24, 2.45) is 5.92 Å². The average molecular weight is 439 g/mol. The number of hydrogen-bond donors (Lipinski definition) is 0. The topological polar surface area (TPSA) is 81.4 Å². The quantitative estimate of drug-likeness (QED) is 0.553. The van der Waals surface area contributed by atoms with E-state index < -0.39 is 0 Å². The van der Waals surface area contributed by atoms with E-state index in [0.717, 1.165) is 36.1 Å². The molecule has 2 fully saturated rings. The summed E-state index contributed by atoms with van der Waals surface area (Å²) < 4.78 is 11.0. The van der Waals surface area contributed by atoms with Crippen LogP contribution in [0, 0.1) is 12.8 Å². The fraction of sp³-hybridized carbons (Fsp3) is 0.391. The lowest BCUT2D eigenvalue weighted by Gasteiger charge is -2.27. The first-order valence-electron chi connectivity index (χ1n) is 10.5. The van der Waals surface area contributed by atoms with Gasteiger partial charge in [-0.25, -0.2) is 4.98 Å². The Morgan fingerprint density at radius 3 is 2.77 bits per heavy atom. The lowest BCUT2D eigenvalue weighted by atomic mass is 10.0. The molecule has 2 atom stereocenters. The molecule has 0 unspecified atom stereocenters. The predicted octanol–water partition coefficient (Wildman–Crippen LogP) is 5.06. The van der Waals surface area contributed by atoms with Crippen LogP contribution in [0.1, 0.15) is 38.7 Å². The summed E-state index contributed by atoms with van der Waals surface area (Å²) in [5.74, 6) is 1.63. The van der Waals surface area contributed by atoms with E-state index in [9.17, 15) is 4.79 Å². The largest absolute Gasteiger partial charge is 0.474 e. The number of aromatic nitrogens is 3. The van der Waals surface area contributed by atoms with Gasteiger partial charge in [0.2, 0.25) is 17.6 Å². The van der Waals surface area contributed by atoms with Crippen LogP contribution in [0.25, 0.3) is 22.8 Å². The molecule has 160 valence electrons. The molecule has 1 aliphatic heterocycles. The van der Waals surface area contributed by atoms with Gasteiger partial charge >= 0.3 is 0 Å². The van der Waals surface area contributed by atoms with Crippen molar-refractivity contribution in [3.8, 4) is 28.7 Å². The molecule has 7 nitrogen and oxygen atoms in total. The third-order valence-electron chi connectivity index (χ3n) is 5.91. The van der Waals surface area contributed by atoms with E-state index >= 15 is 0 Å². The molecule has 1 amide bonds. The maximum Gasteiger partial charge on any atom is 0.259 e. The number of amides is 1. The molecular formula is C23H23ClN4O3. The number of halogens is 1. The molecule has 1 aliphatic carbocycles. The van der Waals surface area contributed by atoms with E-state index in [1.807, 2.05) is 43.9 Å². The van der Waals surface area contributed by atoms with E-state index in [-0.39, 0.29) is 17.9 Å². The van der Waals surface area contributed by atoms with Gasteiger partial charge in [0.05, 0.1) is 11.7 Å². The Bertz CT molecular complexity index is 1160. The Kier molecular flexibility index (Phi) is 4.93. The van der Waals surface area contributed by atoms with Crippen molar-refractivity contribution in [1.29, 1.82) is 0 Å². The van der Waals surface area contributed by atoms with Crippen molar-refractivity contribution >= 4 is 23.2 Å². The number of rotatable bonds is 5. The highest BCUT2D eigenvalue weighted by Crippen LogP contribution is 2.42. The van der Waals surface area contributed by atoms with Crippen LogP contribution in [0.15, 0.2) is 35.0 Å². The lowest BCUT2D eigenvalue weighted by Crippen LogP contribution is -2.36. The number of nitrogens with zero attached hydrogens (tertiary/aromatic N) is 4. The Labute approximate surface area is 185 Å². The van der Waals surface area contributed by atoms with Gasteiger partial charge in [-0.05, 0) is 69.9 Å². The van der Waals surface area contributed by atoms with Crippen LogP contribution in [-0.4, -0.2) is 33.2 Å². The molecule has 5 rings (SSSR count). The van der Waals surface area contributed by atoms with Crippen molar-refractivity contribution in [1.82, 2.24) is 15.1 Å². The molecule has 1 saturated heterocycles. The number of pyridine rings is 1. The molecule has 0 spiro atoms. The minimum Gasteiger partial charge on any atom is -0.474 e. The van der Waals surface area contributed by atoms with Gasteiger partial charge in [0.1, 0.15) is 5.02 Å². The van der Waals surface area contributed by atoms with Crippen LogP contribution in [0.3, 0.4) is 0 Å². The second-order valence-corrected chi connectivity index (χ2v) is 8.88. The number of ether oxygens (including phenoxy) is 1. The van der Waals surface area contributed by atoms with Crippen molar-refractivity contribution < 1.29 is 14.1 Å². The zero-order chi connectivity index (χ0) is 21.7. The molecule has 3 heterocycles. The lowest BCUT2D eigenvalue weighted by molar-refractivity contribution is -0.121. The van der Waals surface area contributed by atoms with Crippen molar-refractivity contribution in [2.75, 3.05) is 4.90 Å². The summed E-state index contributed by atoms with van der Waals surface area (Å²) in [4.78, 5) is 23.3. The van der Waals surface area contributed by atoms with Gasteiger partial charge in [-0.3, -0.25) is 4.79 Å². The van der Waals surface area contributed by atoms with Crippen molar-refractivity contribution in [2.45, 2.75) is 52.2 Å². The maximum atomic E-state index is 12.6. The summed E-state index contributed by atoms with van der Waals surface area (Å²) in [6.45, 7) is 5.81. The third-order valence-corrected chi connectivity index (χ3v) is 6.18. The highest BCUT2D eigenvalue weighted by molar-refractivity contribution is 6.32. The van der Waals surface area contributed by atoms with Crippen molar-refractivity contribution in [3.05, 3.63) is 41.0 Å². The molecule has 31 heavy (non-hydrogen) atoms. The van der Waals surface area contributed by atoms with Gasteiger partial charge < -0.3 is 14.2 Å². The first-order chi connectivity index (χ1) is 14.9. The summed E-state index contributed by atoms with van der Waals surface area (Å²) in [5.41, 5.74) is 3.40. The monoisotopic (exact) mass is 438 g/mol. The Balaban J connectivity index is 1.40. The van der Waals surface area contributed by atoms with E-state index in [1.165, 1.54) is 0 Å². The van der Waals surface area contributed by atoms with Crippen LogP contribution in [0.5, 0.6) is 5.88 Å². The highest BCUT2D eigenvalue weighted by atomic mass is 35.5. The van der Waals surface area contributed by atoms with E-state index in [1.54, 1.807) is 12.3 Å². The number of carbonyl (C=O) groups excluding carboxylic acids is 1. The zero-order valence-electron chi connectivity index (χ0n) is 17.6. The second-order valence-electron chi connectivity index (χ2n) is 8.47. The molecule has 2 aliphatic rings. The number of hydrogen-bond acceptors (Lipinski definition) is 6. The highest BCUT2D eigenvalue weighted by Gasteiger charge is 2.45. The SMILES string of the molecule is Cc1cc(N2C(=O)[C@H]3CC[C@@H]2C3)ccc1-c1noc(-c2cnc(OC(C)C)c(Cl)c2)n1. The van der Waals surface area contributed by atoms with Gasteiger partial charge in [0.25, 0.3) is 5.89 Å². The van der Waals surface area contributed by atoms with Gasteiger partial charge in [-0.1, -0.05) is 16.8 Å². The minimum atomic E-state index is -0.0252. The first kappa shape index (κ1) is 20.0. The van der Waals surface area contributed by atoms with E-state index in [0.29, 0.717) is 34.2 Å². The molecule has 2 aromatic heterocycles. The molecule has 0 N–H and O–H groups in total. The smallest absolute Gasteiger partial charge is 0.259 e. The average Bonchev–Trinajstić information content (AvgIpc) is 3.45. The van der Waals surface area contributed by atoms with Gasteiger partial charge in [0.15, 0.2) is 0 Å². The Morgan fingerprint density at radius 1 is 1.26 bits per heavy atom. The second kappa shape index (κ2) is 7.64. The molecule has 2 bridgehead atoms. The summed E-state index contributed by atoms with van der Waals surface area (Å²) >= 11 is 6.28. The number of piperidine rings is 1. The number of benzene rings is 1. The first-order valence-corrected chi connectivity index (χ1v) is 10.9. The van der Waals surface area contributed by atoms with Gasteiger partial charge in [-0.2, -0.15) is 4.98 Å². The van der Waals surface area contributed by atoms with E-state index in [4.69, 9.17) is 20.9 Å². The predicted molar refractivity (Wildman–Crippen MR) is 117 cm³/mol. The van der Waals surface area contributed by atoms with Crippen LogP contribution in [0.4, 0.5) is 5.69 Å². The molecule has 1 saturated carbocycles. The summed E-state index contributed by atoms with van der Waals surface area (Å²) in [5, 5.41) is 4.52. The van der Waals surface area contributed by atoms with Crippen LogP contribution in [-0.2, 0) is 4.79 Å². The number of fused-ring (bicyclic) bond motifs is 2. The van der Waals surface area contributed by atoms with Crippen molar-refractivity contribution in [3.63, 3.8) is 0 Å². The molecule has 1 aromatic carbocycles. The molecule has 8 heteroatoms. The van der Waals surface area contributed by atoms with Crippen LogP contribution < -0.4 is 9.64 Å². The molecular weight excluding hydrogens is 416 g/mol. The zero-order valence-corrected chi connectivity index (χ0v) is 18.4. The Morgan fingerprint density at radius 2 is 2.10 bits per heavy atom. The molecule has 3 aromatic rings. The third kappa shape index (κ3) is 3.57. The van der Waals surface area contributed by atoms with Gasteiger partial charge in [0, 0.05) is 29.4 Å². The van der Waals surface area contributed by atoms with E-state index in [2.05, 4.69) is 15.1 Å². The standard InChI is InChI=1S/C23H23ClN4O3/c1-12(2)30-22-19(24)10-15(11-25-22)21-26-20(27-31-21)18-7-6-16(8-13(18)3)28-17-5-4-14(9-17)23(28)29/h6-8,10-12,14,17H,4-5,9H2,1-3H3/t14-,17+/m0/s1. The van der Waals surface area contributed by atoms with Crippen LogP contribution in [0.2, 0.25) is 5.02 Å². The molecule has 0 radical (unpaired) electrons. The maximum absolute atomic E-state index is 12.6. The summed E-state index contributed by atoms with van der Waals surface area (Å²) in [6, 6.07) is 7.98. The number of aryl methyl sites for hydroxylation is 1. The summed E-state index contributed by atoms with van der Waals surface area (Å²) in [7, 11) is 0. The number of anilines is 1. The normalized spacial score (nSPS) is 20.2. The van der Waals surface area contributed by atoms with Gasteiger partial charge in [-0.15, -0.1) is 0 Å². The van der Waals surface area contributed by atoms with Crippen LogP contribution >= 0.6 is 11.6 Å². The summed E-state index contributed by atoms with van der Waals surface area (Å²) in [6.07, 6.45) is 4.66. The fourth-order valence-corrected chi connectivity index (χ4v) is 4.69.